The Kier molecular flexibility index (Phi) is 6.59. The largest absolute Gasteiger partial charge is 0.460 e. The van der Waals surface area contributed by atoms with E-state index in [1.54, 1.807) is 0 Å². The summed E-state index contributed by atoms with van der Waals surface area (Å²) in [6.07, 6.45) is 2.00. The number of unbranched alkanes of at least 4 members (excludes halogenated alkanes) is 1. The number of esters is 1. The van der Waals surface area contributed by atoms with Crippen LogP contribution in [0.25, 0.3) is 0 Å². The van der Waals surface area contributed by atoms with Gasteiger partial charge in [0, 0.05) is 13.5 Å². The molecule has 0 aliphatic rings. The molecule has 0 amide bonds. The van der Waals surface area contributed by atoms with Gasteiger partial charge in [-0.3, -0.25) is 4.79 Å². The Hall–Kier alpha value is -0.570. The Balaban J connectivity index is 3.56. The summed E-state index contributed by atoms with van der Waals surface area (Å²) >= 11 is 0. The summed E-state index contributed by atoms with van der Waals surface area (Å²) < 4.78 is 10.4. The standard InChI is InChI=1S/C10H20O3/c1-5-6-7-12-8(2)9(3)13-10(4)11/h8-9H,5-7H2,1-4H3. The van der Waals surface area contributed by atoms with Crippen LogP contribution < -0.4 is 0 Å². The van der Waals surface area contributed by atoms with Crippen molar-refractivity contribution in [1.29, 1.82) is 0 Å². The predicted octanol–water partition coefficient (Wildman–Crippen LogP) is 2.14. The summed E-state index contributed by atoms with van der Waals surface area (Å²) in [7, 11) is 0. The van der Waals surface area contributed by atoms with E-state index in [1.807, 2.05) is 13.8 Å². The van der Waals surface area contributed by atoms with Gasteiger partial charge in [-0.2, -0.15) is 0 Å². The fourth-order valence-corrected chi connectivity index (χ4v) is 0.907. The smallest absolute Gasteiger partial charge is 0.302 e. The highest BCUT2D eigenvalue weighted by Gasteiger charge is 2.14. The van der Waals surface area contributed by atoms with Crippen molar-refractivity contribution in [1.82, 2.24) is 0 Å². The second kappa shape index (κ2) is 6.89. The van der Waals surface area contributed by atoms with Gasteiger partial charge in [-0.1, -0.05) is 13.3 Å². The summed E-state index contributed by atoms with van der Waals surface area (Å²) in [5.74, 6) is -0.251. The molecule has 0 saturated heterocycles. The first-order valence-corrected chi connectivity index (χ1v) is 4.86. The summed E-state index contributed by atoms with van der Waals surface area (Å²) in [5, 5.41) is 0. The third kappa shape index (κ3) is 6.58. The second-order valence-corrected chi connectivity index (χ2v) is 3.24. The highest BCUT2D eigenvalue weighted by molar-refractivity contribution is 5.66. The number of hydrogen-bond acceptors (Lipinski definition) is 3. The van der Waals surface area contributed by atoms with E-state index in [1.165, 1.54) is 6.92 Å². The van der Waals surface area contributed by atoms with Crippen molar-refractivity contribution in [3.8, 4) is 0 Å². The van der Waals surface area contributed by atoms with E-state index in [0.29, 0.717) is 0 Å². The lowest BCUT2D eigenvalue weighted by molar-refractivity contribution is -0.152. The van der Waals surface area contributed by atoms with Crippen molar-refractivity contribution in [3.05, 3.63) is 0 Å². The minimum absolute atomic E-state index is 0.0181. The van der Waals surface area contributed by atoms with Crippen LogP contribution in [0.5, 0.6) is 0 Å². The van der Waals surface area contributed by atoms with Crippen LogP contribution in [0.15, 0.2) is 0 Å². The van der Waals surface area contributed by atoms with Gasteiger partial charge in [0.1, 0.15) is 6.10 Å². The molecule has 0 saturated carbocycles. The van der Waals surface area contributed by atoms with E-state index in [0.717, 1.165) is 19.4 Å². The SMILES string of the molecule is CCCCOC(C)C(C)OC(C)=O. The van der Waals surface area contributed by atoms with Gasteiger partial charge in [-0.15, -0.1) is 0 Å². The molecule has 3 nitrogen and oxygen atoms in total. The topological polar surface area (TPSA) is 35.5 Å². The lowest BCUT2D eigenvalue weighted by Crippen LogP contribution is -2.28. The van der Waals surface area contributed by atoms with Crippen molar-refractivity contribution in [2.45, 2.75) is 52.7 Å². The van der Waals surface area contributed by atoms with Gasteiger partial charge in [0.25, 0.3) is 0 Å². The monoisotopic (exact) mass is 188 g/mol. The molecule has 0 aromatic carbocycles. The fraction of sp³-hybridized carbons (Fsp3) is 0.900. The number of hydrogen-bond donors (Lipinski definition) is 0. The maximum atomic E-state index is 10.6. The fourth-order valence-electron chi connectivity index (χ4n) is 0.907. The van der Waals surface area contributed by atoms with Crippen LogP contribution in [0.1, 0.15) is 40.5 Å². The van der Waals surface area contributed by atoms with Crippen LogP contribution in [-0.4, -0.2) is 24.8 Å². The Morgan fingerprint density at radius 3 is 2.38 bits per heavy atom. The van der Waals surface area contributed by atoms with Gasteiger partial charge in [-0.25, -0.2) is 0 Å². The molecule has 0 radical (unpaired) electrons. The first-order chi connectivity index (χ1) is 6.07. The molecule has 2 unspecified atom stereocenters. The maximum Gasteiger partial charge on any atom is 0.302 e. The molecule has 0 N–H and O–H groups in total. The van der Waals surface area contributed by atoms with Crippen molar-refractivity contribution < 1.29 is 14.3 Å². The molecular weight excluding hydrogens is 168 g/mol. The lowest BCUT2D eigenvalue weighted by atomic mass is 10.2. The van der Waals surface area contributed by atoms with Gasteiger partial charge in [0.15, 0.2) is 0 Å². The minimum Gasteiger partial charge on any atom is -0.460 e. The van der Waals surface area contributed by atoms with Gasteiger partial charge in [0.05, 0.1) is 6.10 Å². The van der Waals surface area contributed by atoms with E-state index in [-0.39, 0.29) is 18.2 Å². The van der Waals surface area contributed by atoms with Crippen molar-refractivity contribution in [3.63, 3.8) is 0 Å². The zero-order valence-electron chi connectivity index (χ0n) is 9.00. The molecule has 0 aromatic heterocycles. The maximum absolute atomic E-state index is 10.6. The lowest BCUT2D eigenvalue weighted by Gasteiger charge is -2.19. The zero-order valence-corrected chi connectivity index (χ0v) is 9.00. The van der Waals surface area contributed by atoms with E-state index in [2.05, 4.69) is 6.92 Å². The number of carbonyl (C=O) groups excluding carboxylic acids is 1. The van der Waals surface area contributed by atoms with Crippen LogP contribution in [0.2, 0.25) is 0 Å². The number of ether oxygens (including phenoxy) is 2. The Labute approximate surface area is 80.4 Å². The summed E-state index contributed by atoms with van der Waals surface area (Å²) in [6.45, 7) is 8.03. The molecule has 0 spiro atoms. The van der Waals surface area contributed by atoms with Gasteiger partial charge >= 0.3 is 5.97 Å². The quantitative estimate of drug-likeness (QED) is 0.473. The van der Waals surface area contributed by atoms with Crippen molar-refractivity contribution >= 4 is 5.97 Å². The molecule has 0 aromatic rings. The number of rotatable bonds is 6. The number of carbonyl (C=O) groups is 1. The Morgan fingerprint density at radius 2 is 1.92 bits per heavy atom. The van der Waals surface area contributed by atoms with Crippen LogP contribution in [-0.2, 0) is 14.3 Å². The Bertz CT molecular complexity index is 145. The molecule has 3 heteroatoms. The molecule has 13 heavy (non-hydrogen) atoms. The molecule has 0 heterocycles. The molecule has 2 atom stereocenters. The normalized spacial score (nSPS) is 15.1. The molecular formula is C10H20O3. The average molecular weight is 188 g/mol. The minimum atomic E-state index is -0.251. The van der Waals surface area contributed by atoms with Gasteiger partial charge < -0.3 is 9.47 Å². The summed E-state index contributed by atoms with van der Waals surface area (Å²) in [5.41, 5.74) is 0. The van der Waals surface area contributed by atoms with E-state index in [9.17, 15) is 4.79 Å². The van der Waals surface area contributed by atoms with Crippen LogP contribution in [0.4, 0.5) is 0 Å². The molecule has 0 aliphatic heterocycles. The zero-order chi connectivity index (χ0) is 10.3. The molecule has 0 rings (SSSR count). The molecule has 0 bridgehead atoms. The van der Waals surface area contributed by atoms with Crippen LogP contribution in [0.3, 0.4) is 0 Å². The van der Waals surface area contributed by atoms with Crippen LogP contribution >= 0.6 is 0 Å². The third-order valence-electron chi connectivity index (χ3n) is 1.89. The summed E-state index contributed by atoms with van der Waals surface area (Å²) in [4.78, 5) is 10.6. The molecule has 0 aliphatic carbocycles. The van der Waals surface area contributed by atoms with Crippen LogP contribution in [0, 0.1) is 0 Å². The highest BCUT2D eigenvalue weighted by Crippen LogP contribution is 2.04. The third-order valence-corrected chi connectivity index (χ3v) is 1.89. The van der Waals surface area contributed by atoms with E-state index in [4.69, 9.17) is 9.47 Å². The second-order valence-electron chi connectivity index (χ2n) is 3.24. The first kappa shape index (κ1) is 12.4. The molecule has 0 fully saturated rings. The predicted molar refractivity (Wildman–Crippen MR) is 51.6 cm³/mol. The van der Waals surface area contributed by atoms with E-state index < -0.39 is 0 Å². The highest BCUT2D eigenvalue weighted by atomic mass is 16.6. The van der Waals surface area contributed by atoms with Crippen molar-refractivity contribution in [2.75, 3.05) is 6.61 Å². The Morgan fingerprint density at radius 1 is 1.31 bits per heavy atom. The van der Waals surface area contributed by atoms with Gasteiger partial charge in [0.2, 0.25) is 0 Å². The van der Waals surface area contributed by atoms with Crippen molar-refractivity contribution in [2.24, 2.45) is 0 Å². The van der Waals surface area contributed by atoms with Gasteiger partial charge in [-0.05, 0) is 20.3 Å². The first-order valence-electron chi connectivity index (χ1n) is 4.86. The van der Waals surface area contributed by atoms with E-state index >= 15 is 0 Å². The average Bonchev–Trinajstić information content (AvgIpc) is 2.03. The molecule has 78 valence electrons. The summed E-state index contributed by atoms with van der Waals surface area (Å²) in [6, 6.07) is 0.